The highest BCUT2D eigenvalue weighted by molar-refractivity contribution is 5.99. The van der Waals surface area contributed by atoms with E-state index in [9.17, 15) is 9.59 Å². The van der Waals surface area contributed by atoms with Crippen LogP contribution in [0.25, 0.3) is 0 Å². The van der Waals surface area contributed by atoms with Gasteiger partial charge < -0.3 is 16.4 Å². The van der Waals surface area contributed by atoms with Gasteiger partial charge >= 0.3 is 0 Å². The van der Waals surface area contributed by atoms with Crippen molar-refractivity contribution < 1.29 is 9.59 Å². The number of hydrogen-bond acceptors (Lipinski definition) is 3. The predicted octanol–water partition coefficient (Wildman–Crippen LogP) is 1.61. The minimum atomic E-state index is -0.248. The van der Waals surface area contributed by atoms with E-state index in [-0.39, 0.29) is 24.3 Å². The van der Waals surface area contributed by atoms with E-state index in [0.29, 0.717) is 17.8 Å². The minimum absolute atomic E-state index is 0.0585. The first-order valence-electron chi connectivity index (χ1n) is 6.88. The zero-order valence-corrected chi connectivity index (χ0v) is 12.3. The fourth-order valence-corrected chi connectivity index (χ4v) is 1.71. The summed E-state index contributed by atoms with van der Waals surface area (Å²) < 4.78 is 0. The smallest absolute Gasteiger partial charge is 0.253 e. The number of hydrogen-bond donors (Lipinski definition) is 3. The highest BCUT2D eigenvalue weighted by Gasteiger charge is 2.11. The average Bonchev–Trinajstić information content (AvgIpc) is 2.41. The molecule has 2 amide bonds. The Morgan fingerprint density at radius 1 is 1.35 bits per heavy atom. The zero-order valence-electron chi connectivity index (χ0n) is 12.3. The van der Waals surface area contributed by atoms with Crippen LogP contribution in [0.15, 0.2) is 18.2 Å². The summed E-state index contributed by atoms with van der Waals surface area (Å²) in [5.41, 5.74) is 7.66. The zero-order chi connectivity index (χ0) is 15.1. The van der Waals surface area contributed by atoms with Gasteiger partial charge in [-0.15, -0.1) is 0 Å². The summed E-state index contributed by atoms with van der Waals surface area (Å²) in [4.78, 5) is 23.5. The fraction of sp³-hybridized carbons (Fsp3) is 0.467. The van der Waals surface area contributed by atoms with Crippen LogP contribution in [-0.2, 0) is 4.79 Å². The van der Waals surface area contributed by atoms with Crippen LogP contribution < -0.4 is 16.4 Å². The Bertz CT molecular complexity index is 486. The monoisotopic (exact) mass is 277 g/mol. The Morgan fingerprint density at radius 2 is 2.05 bits per heavy atom. The molecule has 0 saturated carbocycles. The number of nitrogens with one attached hydrogen (secondary N) is 2. The molecule has 0 aliphatic heterocycles. The molecule has 0 aromatic heterocycles. The molecule has 1 atom stereocenters. The van der Waals surface area contributed by atoms with Crippen LogP contribution >= 0.6 is 0 Å². The second kappa shape index (κ2) is 7.53. The third-order valence-electron chi connectivity index (χ3n) is 3.23. The van der Waals surface area contributed by atoms with Gasteiger partial charge in [0.25, 0.3) is 5.91 Å². The molecule has 5 nitrogen and oxygen atoms in total. The minimum Gasteiger partial charge on any atom is -0.398 e. The summed E-state index contributed by atoms with van der Waals surface area (Å²) in [6, 6.07) is 5.48. The summed E-state index contributed by atoms with van der Waals surface area (Å²) in [6.45, 7) is 6.11. The standard InChI is InChI=1S/C15H23N3O2/c1-4-11(3)18-13(19)8-9-17-15(20)12-7-5-6-10(2)14(12)16/h5-7,11H,4,8-9,16H2,1-3H3,(H,17,20)(H,18,19). The average molecular weight is 277 g/mol. The molecule has 0 fully saturated rings. The maximum Gasteiger partial charge on any atom is 0.253 e. The molecule has 4 N–H and O–H groups in total. The molecule has 0 bridgehead atoms. The Kier molecular flexibility index (Phi) is 6.03. The van der Waals surface area contributed by atoms with E-state index >= 15 is 0 Å². The van der Waals surface area contributed by atoms with E-state index in [4.69, 9.17) is 5.73 Å². The first-order chi connectivity index (χ1) is 9.45. The number of rotatable bonds is 6. The molecule has 1 aromatic rings. The topological polar surface area (TPSA) is 84.2 Å². The van der Waals surface area contributed by atoms with Crippen LogP contribution in [0.5, 0.6) is 0 Å². The van der Waals surface area contributed by atoms with Gasteiger partial charge in [0, 0.05) is 24.7 Å². The number of amides is 2. The van der Waals surface area contributed by atoms with Crippen LogP contribution in [0.4, 0.5) is 5.69 Å². The van der Waals surface area contributed by atoms with Crippen molar-refractivity contribution in [3.63, 3.8) is 0 Å². The lowest BCUT2D eigenvalue weighted by Crippen LogP contribution is -2.35. The predicted molar refractivity (Wildman–Crippen MR) is 80.4 cm³/mol. The van der Waals surface area contributed by atoms with E-state index in [0.717, 1.165) is 12.0 Å². The van der Waals surface area contributed by atoms with Crippen LogP contribution in [0.2, 0.25) is 0 Å². The molecule has 1 aromatic carbocycles. The van der Waals surface area contributed by atoms with Gasteiger partial charge in [-0.05, 0) is 31.9 Å². The van der Waals surface area contributed by atoms with Gasteiger partial charge in [0.1, 0.15) is 0 Å². The van der Waals surface area contributed by atoms with E-state index in [1.165, 1.54) is 0 Å². The highest BCUT2D eigenvalue weighted by atomic mass is 16.2. The third-order valence-corrected chi connectivity index (χ3v) is 3.23. The number of aryl methyl sites for hydroxylation is 1. The largest absolute Gasteiger partial charge is 0.398 e. The summed E-state index contributed by atoms with van der Waals surface area (Å²) in [5.74, 6) is -0.306. The molecule has 0 aliphatic carbocycles. The molecular formula is C15H23N3O2. The maximum absolute atomic E-state index is 12.0. The molecule has 110 valence electrons. The normalized spacial score (nSPS) is 11.8. The van der Waals surface area contributed by atoms with Gasteiger partial charge in [-0.1, -0.05) is 19.1 Å². The fourth-order valence-electron chi connectivity index (χ4n) is 1.71. The van der Waals surface area contributed by atoms with Gasteiger partial charge in [0.15, 0.2) is 0 Å². The summed E-state index contributed by atoms with van der Waals surface area (Å²) in [6.07, 6.45) is 1.15. The molecule has 1 rings (SSSR count). The third kappa shape index (κ3) is 4.57. The van der Waals surface area contributed by atoms with Crippen molar-refractivity contribution in [3.05, 3.63) is 29.3 Å². The quantitative estimate of drug-likeness (QED) is 0.691. The Hall–Kier alpha value is -2.04. The Morgan fingerprint density at radius 3 is 2.70 bits per heavy atom. The van der Waals surface area contributed by atoms with Crippen molar-refractivity contribution in [2.75, 3.05) is 12.3 Å². The van der Waals surface area contributed by atoms with E-state index in [1.807, 2.05) is 26.8 Å². The lowest BCUT2D eigenvalue weighted by molar-refractivity contribution is -0.121. The number of anilines is 1. The summed E-state index contributed by atoms with van der Waals surface area (Å²) in [5, 5.41) is 5.56. The van der Waals surface area contributed by atoms with Crippen molar-refractivity contribution in [3.8, 4) is 0 Å². The molecule has 0 saturated heterocycles. The van der Waals surface area contributed by atoms with Crippen molar-refractivity contribution >= 4 is 17.5 Å². The van der Waals surface area contributed by atoms with Gasteiger partial charge in [-0.25, -0.2) is 0 Å². The van der Waals surface area contributed by atoms with Crippen LogP contribution in [-0.4, -0.2) is 24.4 Å². The first kappa shape index (κ1) is 16.0. The number of benzene rings is 1. The summed E-state index contributed by atoms with van der Waals surface area (Å²) >= 11 is 0. The molecule has 0 spiro atoms. The molecule has 1 unspecified atom stereocenters. The second-order valence-electron chi connectivity index (χ2n) is 4.92. The van der Waals surface area contributed by atoms with E-state index in [2.05, 4.69) is 10.6 Å². The van der Waals surface area contributed by atoms with Crippen molar-refractivity contribution in [2.24, 2.45) is 0 Å². The van der Waals surface area contributed by atoms with Gasteiger partial charge in [-0.3, -0.25) is 9.59 Å². The van der Waals surface area contributed by atoms with Crippen molar-refractivity contribution in [1.82, 2.24) is 10.6 Å². The van der Waals surface area contributed by atoms with Crippen LogP contribution in [0.1, 0.15) is 42.6 Å². The number of nitrogen functional groups attached to an aromatic ring is 1. The lowest BCUT2D eigenvalue weighted by Gasteiger charge is -2.12. The van der Waals surface area contributed by atoms with Gasteiger partial charge in [-0.2, -0.15) is 0 Å². The molecule has 0 heterocycles. The SMILES string of the molecule is CCC(C)NC(=O)CCNC(=O)c1cccc(C)c1N. The number of carbonyl (C=O) groups is 2. The Balaban J connectivity index is 2.44. The van der Waals surface area contributed by atoms with Gasteiger partial charge in [0.05, 0.1) is 5.56 Å². The van der Waals surface area contributed by atoms with Crippen LogP contribution in [0.3, 0.4) is 0 Å². The Labute approximate surface area is 119 Å². The maximum atomic E-state index is 12.0. The van der Waals surface area contributed by atoms with Crippen LogP contribution in [0, 0.1) is 6.92 Å². The number of para-hydroxylation sites is 1. The molecule has 20 heavy (non-hydrogen) atoms. The van der Waals surface area contributed by atoms with E-state index in [1.54, 1.807) is 12.1 Å². The molecule has 0 radical (unpaired) electrons. The van der Waals surface area contributed by atoms with Crippen molar-refractivity contribution in [2.45, 2.75) is 39.7 Å². The van der Waals surface area contributed by atoms with Gasteiger partial charge in [0.2, 0.25) is 5.91 Å². The van der Waals surface area contributed by atoms with E-state index < -0.39 is 0 Å². The number of nitrogens with two attached hydrogens (primary N) is 1. The number of carbonyl (C=O) groups excluding carboxylic acids is 2. The first-order valence-corrected chi connectivity index (χ1v) is 6.88. The molecular weight excluding hydrogens is 254 g/mol. The highest BCUT2D eigenvalue weighted by Crippen LogP contribution is 2.15. The van der Waals surface area contributed by atoms with Crippen molar-refractivity contribution in [1.29, 1.82) is 0 Å². The molecule has 5 heteroatoms. The molecule has 0 aliphatic rings. The lowest BCUT2D eigenvalue weighted by atomic mass is 10.1. The second-order valence-corrected chi connectivity index (χ2v) is 4.92. The summed E-state index contributed by atoms with van der Waals surface area (Å²) in [7, 11) is 0.